The zero-order valence-corrected chi connectivity index (χ0v) is 18.2. The van der Waals surface area contributed by atoms with Gasteiger partial charge < -0.3 is 14.2 Å². The van der Waals surface area contributed by atoms with Gasteiger partial charge in [0.25, 0.3) is 0 Å². The Labute approximate surface area is 180 Å². The molecule has 31 heavy (non-hydrogen) atoms. The van der Waals surface area contributed by atoms with Gasteiger partial charge in [-0.25, -0.2) is 9.31 Å². The number of halogens is 3. The van der Waals surface area contributed by atoms with Gasteiger partial charge in [0.05, 0.1) is 36.6 Å². The summed E-state index contributed by atoms with van der Waals surface area (Å²) in [6.07, 6.45) is -3.12. The third-order valence-corrected chi connectivity index (χ3v) is 5.56. The number of rotatable bonds is 6. The van der Waals surface area contributed by atoms with Crippen molar-refractivity contribution in [3.63, 3.8) is 0 Å². The largest absolute Gasteiger partial charge is 0.503 e. The molecule has 0 unspecified atom stereocenters. The summed E-state index contributed by atoms with van der Waals surface area (Å²) in [6, 6.07) is 4.42. The minimum Gasteiger partial charge on any atom is -0.503 e. The number of carbonyl (C=O) groups is 1. The molecule has 0 fully saturated rings. The van der Waals surface area contributed by atoms with Crippen molar-refractivity contribution in [3.8, 4) is 5.75 Å². The van der Waals surface area contributed by atoms with Crippen LogP contribution in [0.3, 0.4) is 0 Å². The summed E-state index contributed by atoms with van der Waals surface area (Å²) >= 11 is 1.22. The van der Waals surface area contributed by atoms with Gasteiger partial charge in [-0.2, -0.15) is 18.2 Å². The van der Waals surface area contributed by atoms with Crippen LogP contribution < -0.4 is 4.74 Å². The maximum absolute atomic E-state index is 12.8. The van der Waals surface area contributed by atoms with E-state index in [0.717, 1.165) is 12.1 Å². The van der Waals surface area contributed by atoms with Gasteiger partial charge in [0, 0.05) is 0 Å². The summed E-state index contributed by atoms with van der Waals surface area (Å²) in [5, 5.41) is 4.48. The Bertz CT molecular complexity index is 1130. The first-order valence-electron chi connectivity index (χ1n) is 9.02. The molecule has 166 valence electrons. The first-order chi connectivity index (χ1) is 14.5. The Morgan fingerprint density at radius 2 is 1.81 bits per heavy atom. The SMILES string of the molecule is CO/C=C(/C(=O)OC)c1sc2nc(C(C)(C)Oc3ccc(C(F)(F)F)cc3)nn2c1C. The highest BCUT2D eigenvalue weighted by Gasteiger charge is 2.32. The fraction of sp³-hybridized carbons (Fsp3) is 0.350. The summed E-state index contributed by atoms with van der Waals surface area (Å²) in [7, 11) is 2.70. The van der Waals surface area contributed by atoms with Crippen LogP contribution in [0.5, 0.6) is 5.75 Å². The molecule has 2 aromatic heterocycles. The van der Waals surface area contributed by atoms with Crippen LogP contribution in [0.1, 0.15) is 35.8 Å². The maximum atomic E-state index is 12.8. The normalized spacial score (nSPS) is 12.8. The number of hydrogen-bond acceptors (Lipinski definition) is 7. The lowest BCUT2D eigenvalue weighted by Crippen LogP contribution is -2.27. The van der Waals surface area contributed by atoms with E-state index in [-0.39, 0.29) is 11.3 Å². The number of fused-ring (bicyclic) bond motifs is 1. The zero-order chi connectivity index (χ0) is 23.0. The average Bonchev–Trinajstić information content (AvgIpc) is 3.25. The molecular weight excluding hydrogens is 435 g/mol. The van der Waals surface area contributed by atoms with E-state index >= 15 is 0 Å². The lowest BCUT2D eigenvalue weighted by atomic mass is 10.1. The van der Waals surface area contributed by atoms with Crippen LogP contribution in [0, 0.1) is 6.92 Å². The van der Waals surface area contributed by atoms with Crippen molar-refractivity contribution < 1.29 is 32.2 Å². The number of esters is 1. The number of benzene rings is 1. The van der Waals surface area contributed by atoms with E-state index in [0.29, 0.717) is 21.4 Å². The maximum Gasteiger partial charge on any atom is 0.416 e. The van der Waals surface area contributed by atoms with Gasteiger partial charge >= 0.3 is 12.1 Å². The molecule has 7 nitrogen and oxygen atoms in total. The van der Waals surface area contributed by atoms with E-state index in [1.807, 2.05) is 0 Å². The number of thiazole rings is 1. The number of nitrogens with zero attached hydrogens (tertiary/aromatic N) is 3. The molecule has 11 heteroatoms. The highest BCUT2D eigenvalue weighted by atomic mass is 32.1. The molecular formula is C20H20F3N3O4S. The molecule has 0 spiro atoms. The van der Waals surface area contributed by atoms with Crippen molar-refractivity contribution in [1.29, 1.82) is 0 Å². The molecule has 3 rings (SSSR count). The Morgan fingerprint density at radius 1 is 1.16 bits per heavy atom. The van der Waals surface area contributed by atoms with Crippen LogP contribution in [-0.4, -0.2) is 34.8 Å². The standard InChI is InChI=1S/C20H20F3N3O4S/c1-11-15(14(10-28-4)16(27)29-5)31-18-24-17(25-26(11)18)19(2,3)30-13-8-6-12(7-9-13)20(21,22)23/h6-10H,1-5H3/b14-10+. The molecule has 0 N–H and O–H groups in total. The highest BCUT2D eigenvalue weighted by molar-refractivity contribution is 7.18. The molecule has 1 aromatic carbocycles. The Morgan fingerprint density at radius 3 is 2.32 bits per heavy atom. The molecule has 0 saturated carbocycles. The molecule has 2 heterocycles. The van der Waals surface area contributed by atoms with Gasteiger partial charge in [-0.15, -0.1) is 5.10 Å². The number of ether oxygens (including phenoxy) is 3. The molecule has 0 bridgehead atoms. The average molecular weight is 455 g/mol. The number of hydrogen-bond donors (Lipinski definition) is 0. The van der Waals surface area contributed by atoms with E-state index in [1.165, 1.54) is 44.0 Å². The fourth-order valence-electron chi connectivity index (χ4n) is 2.82. The lowest BCUT2D eigenvalue weighted by molar-refractivity contribution is -0.137. The second-order valence-electron chi connectivity index (χ2n) is 7.04. The van der Waals surface area contributed by atoms with E-state index < -0.39 is 23.3 Å². The number of carbonyl (C=O) groups excluding carboxylic acids is 1. The Hall–Kier alpha value is -3.08. The highest BCUT2D eigenvalue weighted by Crippen LogP contribution is 2.34. The van der Waals surface area contributed by atoms with Crippen molar-refractivity contribution in [1.82, 2.24) is 14.6 Å². The Balaban J connectivity index is 1.90. The predicted molar refractivity (Wildman–Crippen MR) is 108 cm³/mol. The van der Waals surface area contributed by atoms with Gasteiger partial charge in [0.15, 0.2) is 11.4 Å². The number of methoxy groups -OCH3 is 2. The van der Waals surface area contributed by atoms with Crippen LogP contribution in [0.2, 0.25) is 0 Å². The molecule has 0 radical (unpaired) electrons. The van der Waals surface area contributed by atoms with E-state index in [4.69, 9.17) is 14.2 Å². The van der Waals surface area contributed by atoms with Crippen LogP contribution in [0.25, 0.3) is 10.5 Å². The first kappa shape index (κ1) is 22.6. The third kappa shape index (κ3) is 4.50. The minimum atomic E-state index is -4.42. The monoisotopic (exact) mass is 455 g/mol. The molecule has 0 aliphatic carbocycles. The van der Waals surface area contributed by atoms with Crippen LogP contribution in [0.15, 0.2) is 30.5 Å². The minimum absolute atomic E-state index is 0.238. The second kappa shape index (κ2) is 8.22. The van der Waals surface area contributed by atoms with Crippen LogP contribution in [-0.2, 0) is 26.0 Å². The lowest BCUT2D eigenvalue weighted by Gasteiger charge is -2.23. The van der Waals surface area contributed by atoms with Crippen molar-refractivity contribution in [3.05, 3.63) is 52.5 Å². The Kier molecular flexibility index (Phi) is 5.99. The molecule has 0 saturated heterocycles. The van der Waals surface area contributed by atoms with Gasteiger partial charge in [-0.05, 0) is 45.0 Å². The summed E-state index contributed by atoms with van der Waals surface area (Å²) in [5.41, 5.74) is -0.891. The van der Waals surface area contributed by atoms with Crippen LogP contribution >= 0.6 is 11.3 Å². The molecule has 0 aliphatic rings. The molecule has 0 amide bonds. The number of aryl methyl sites for hydroxylation is 1. The van der Waals surface area contributed by atoms with Crippen molar-refractivity contribution in [2.24, 2.45) is 0 Å². The zero-order valence-electron chi connectivity index (χ0n) is 17.4. The fourth-order valence-corrected chi connectivity index (χ4v) is 3.88. The van der Waals surface area contributed by atoms with Crippen molar-refractivity contribution in [2.45, 2.75) is 32.5 Å². The summed E-state index contributed by atoms with van der Waals surface area (Å²) in [4.78, 5) is 17.7. The van der Waals surface area contributed by atoms with E-state index in [2.05, 4.69) is 10.1 Å². The molecule has 0 aliphatic heterocycles. The third-order valence-electron chi connectivity index (χ3n) is 4.40. The topological polar surface area (TPSA) is 75.0 Å². The van der Waals surface area contributed by atoms with Crippen LogP contribution in [0.4, 0.5) is 13.2 Å². The van der Waals surface area contributed by atoms with Gasteiger partial charge in [0.1, 0.15) is 11.3 Å². The van der Waals surface area contributed by atoms with Crippen molar-refractivity contribution >= 4 is 27.8 Å². The van der Waals surface area contributed by atoms with Crippen molar-refractivity contribution in [2.75, 3.05) is 14.2 Å². The van der Waals surface area contributed by atoms with E-state index in [1.54, 1.807) is 25.3 Å². The second-order valence-corrected chi connectivity index (χ2v) is 8.02. The van der Waals surface area contributed by atoms with Gasteiger partial charge in [-0.3, -0.25) is 0 Å². The van der Waals surface area contributed by atoms with Gasteiger partial charge in [-0.1, -0.05) is 11.3 Å². The smallest absolute Gasteiger partial charge is 0.416 e. The molecule has 3 aromatic rings. The summed E-state index contributed by atoms with van der Waals surface area (Å²) < 4.78 is 55.5. The summed E-state index contributed by atoms with van der Waals surface area (Å²) in [6.45, 7) is 5.20. The summed E-state index contributed by atoms with van der Waals surface area (Å²) in [5.74, 6) is 0.0360. The first-order valence-corrected chi connectivity index (χ1v) is 9.84. The van der Waals surface area contributed by atoms with Gasteiger partial charge in [0.2, 0.25) is 4.96 Å². The quantitative estimate of drug-likeness (QED) is 0.307. The number of alkyl halides is 3. The van der Waals surface area contributed by atoms with E-state index in [9.17, 15) is 18.0 Å². The predicted octanol–water partition coefficient (Wildman–Crippen LogP) is 4.59. The molecule has 0 atom stereocenters. The number of aromatic nitrogens is 3.